The summed E-state index contributed by atoms with van der Waals surface area (Å²) in [7, 11) is 0. The fraction of sp³-hybridized carbons (Fsp3) is 0.471. The number of likely N-dealkylation sites (tertiary alicyclic amines) is 1. The number of benzene rings is 1. The van der Waals surface area contributed by atoms with Crippen molar-refractivity contribution in [2.24, 2.45) is 0 Å². The van der Waals surface area contributed by atoms with Gasteiger partial charge in [0.25, 0.3) is 5.91 Å². The van der Waals surface area contributed by atoms with Crippen LogP contribution in [0.2, 0.25) is 0 Å². The number of imide groups is 1. The van der Waals surface area contributed by atoms with E-state index in [2.05, 4.69) is 21.2 Å². The van der Waals surface area contributed by atoms with Crippen molar-refractivity contribution < 1.29 is 14.4 Å². The number of hydrogen-bond donors (Lipinski definition) is 1. The maximum absolute atomic E-state index is 12.8. The number of urea groups is 1. The largest absolute Gasteiger partial charge is 0.341 e. The zero-order valence-electron chi connectivity index (χ0n) is 13.5. The molecule has 2 fully saturated rings. The summed E-state index contributed by atoms with van der Waals surface area (Å²) < 4.78 is 0.825. The van der Waals surface area contributed by atoms with Crippen LogP contribution in [0.5, 0.6) is 0 Å². The number of halogens is 1. The van der Waals surface area contributed by atoms with Gasteiger partial charge < -0.3 is 10.2 Å². The second-order valence-electron chi connectivity index (χ2n) is 6.40. The molecule has 1 aromatic rings. The van der Waals surface area contributed by atoms with Crippen molar-refractivity contribution in [3.8, 4) is 0 Å². The third kappa shape index (κ3) is 3.05. The Balaban J connectivity index is 1.77. The van der Waals surface area contributed by atoms with Gasteiger partial charge in [-0.2, -0.15) is 0 Å². The Morgan fingerprint density at radius 2 is 1.96 bits per heavy atom. The van der Waals surface area contributed by atoms with E-state index >= 15 is 0 Å². The molecule has 0 aliphatic carbocycles. The van der Waals surface area contributed by atoms with Gasteiger partial charge in [0.15, 0.2) is 0 Å². The molecule has 7 heteroatoms. The number of hydrogen-bond acceptors (Lipinski definition) is 3. The summed E-state index contributed by atoms with van der Waals surface area (Å²) >= 11 is 3.38. The first-order valence-corrected chi connectivity index (χ1v) is 8.89. The average Bonchev–Trinajstić information content (AvgIpc) is 2.80. The van der Waals surface area contributed by atoms with Crippen LogP contribution in [0, 0.1) is 0 Å². The number of nitrogens with zero attached hydrogens (tertiary/aromatic N) is 2. The van der Waals surface area contributed by atoms with Crippen molar-refractivity contribution in [2.45, 2.75) is 31.7 Å². The van der Waals surface area contributed by atoms with E-state index in [1.54, 1.807) is 24.0 Å². The van der Waals surface area contributed by atoms with E-state index in [1.807, 2.05) is 12.1 Å². The van der Waals surface area contributed by atoms with E-state index < -0.39 is 17.5 Å². The van der Waals surface area contributed by atoms with Crippen molar-refractivity contribution in [3.05, 3.63) is 34.3 Å². The molecule has 4 amide bonds. The average molecular weight is 394 g/mol. The first-order valence-electron chi connectivity index (χ1n) is 8.10. The summed E-state index contributed by atoms with van der Waals surface area (Å²) in [5.74, 6) is -0.562. The lowest BCUT2D eigenvalue weighted by atomic mass is 9.92. The fourth-order valence-electron chi connectivity index (χ4n) is 3.21. The lowest BCUT2D eigenvalue weighted by molar-refractivity contribution is -0.139. The molecule has 2 heterocycles. The monoisotopic (exact) mass is 393 g/mol. The molecule has 3 rings (SSSR count). The maximum atomic E-state index is 12.8. The molecule has 0 spiro atoms. The Morgan fingerprint density at radius 3 is 2.62 bits per heavy atom. The lowest BCUT2D eigenvalue weighted by Gasteiger charge is -2.28. The Morgan fingerprint density at radius 1 is 1.25 bits per heavy atom. The summed E-state index contributed by atoms with van der Waals surface area (Å²) in [5.41, 5.74) is -0.466. The molecule has 6 nitrogen and oxygen atoms in total. The van der Waals surface area contributed by atoms with Gasteiger partial charge in [0.05, 0.1) is 0 Å². The Labute approximate surface area is 149 Å². The number of carbonyl (C=O) groups is 3. The Hall–Kier alpha value is -1.89. The summed E-state index contributed by atoms with van der Waals surface area (Å²) in [6.45, 7) is 2.87. The highest BCUT2D eigenvalue weighted by molar-refractivity contribution is 9.10. The third-order valence-electron chi connectivity index (χ3n) is 4.68. The van der Waals surface area contributed by atoms with E-state index in [9.17, 15) is 14.4 Å². The first-order chi connectivity index (χ1) is 11.4. The summed E-state index contributed by atoms with van der Waals surface area (Å²) in [6.07, 6.45) is 3.07. The topological polar surface area (TPSA) is 69.7 Å². The molecular formula is C17H20BrN3O3. The molecule has 1 aromatic carbocycles. The molecule has 1 atom stereocenters. The van der Waals surface area contributed by atoms with Crippen LogP contribution in [0.3, 0.4) is 0 Å². The number of carbonyl (C=O) groups excluding carboxylic acids is 3. The number of nitrogens with one attached hydrogen (secondary N) is 1. The van der Waals surface area contributed by atoms with Gasteiger partial charge in [0.2, 0.25) is 5.91 Å². The molecule has 128 valence electrons. The van der Waals surface area contributed by atoms with Crippen molar-refractivity contribution in [1.29, 1.82) is 0 Å². The van der Waals surface area contributed by atoms with Crippen molar-refractivity contribution in [1.82, 2.24) is 15.1 Å². The predicted molar refractivity (Wildman–Crippen MR) is 92.2 cm³/mol. The standard InChI is InChI=1S/C17H20BrN3O3/c1-17(12-6-5-7-13(18)10-12)15(23)21(16(24)19-17)11-14(22)20-8-3-2-4-9-20/h5-7,10H,2-4,8-9,11H2,1H3,(H,19,24)/t17-/m1/s1. The number of amides is 4. The van der Waals surface area contributed by atoms with Crippen LogP contribution < -0.4 is 5.32 Å². The van der Waals surface area contributed by atoms with Crippen molar-refractivity contribution >= 4 is 33.8 Å². The molecule has 2 saturated heterocycles. The van der Waals surface area contributed by atoms with Crippen molar-refractivity contribution in [3.63, 3.8) is 0 Å². The van der Waals surface area contributed by atoms with Gasteiger partial charge in [-0.1, -0.05) is 28.1 Å². The minimum Gasteiger partial charge on any atom is -0.341 e. The van der Waals surface area contributed by atoms with Crippen LogP contribution in [0.4, 0.5) is 4.79 Å². The number of rotatable bonds is 3. The van der Waals surface area contributed by atoms with Crippen LogP contribution in [0.1, 0.15) is 31.7 Å². The van der Waals surface area contributed by atoms with E-state index in [0.717, 1.165) is 28.6 Å². The van der Waals surface area contributed by atoms with Gasteiger partial charge in [-0.25, -0.2) is 4.79 Å². The van der Waals surface area contributed by atoms with E-state index in [0.29, 0.717) is 18.7 Å². The highest BCUT2D eigenvalue weighted by atomic mass is 79.9. The van der Waals surface area contributed by atoms with Crippen LogP contribution >= 0.6 is 15.9 Å². The quantitative estimate of drug-likeness (QED) is 0.800. The van der Waals surface area contributed by atoms with Crippen molar-refractivity contribution in [2.75, 3.05) is 19.6 Å². The maximum Gasteiger partial charge on any atom is 0.325 e. The van der Waals surface area contributed by atoms with Crippen LogP contribution in [0.15, 0.2) is 28.7 Å². The van der Waals surface area contributed by atoms with Gasteiger partial charge in [0.1, 0.15) is 12.1 Å². The zero-order valence-corrected chi connectivity index (χ0v) is 15.1. The predicted octanol–water partition coefficient (Wildman–Crippen LogP) is 2.23. The minimum atomic E-state index is -1.15. The van der Waals surface area contributed by atoms with Gasteiger partial charge in [0, 0.05) is 17.6 Å². The molecule has 2 aliphatic heterocycles. The molecule has 2 aliphatic rings. The smallest absolute Gasteiger partial charge is 0.325 e. The molecule has 0 aromatic heterocycles. The van der Waals surface area contributed by atoms with Gasteiger partial charge in [-0.15, -0.1) is 0 Å². The van der Waals surface area contributed by atoms with Crippen LogP contribution in [0.25, 0.3) is 0 Å². The highest BCUT2D eigenvalue weighted by Crippen LogP contribution is 2.30. The lowest BCUT2D eigenvalue weighted by Crippen LogP contribution is -2.45. The molecule has 0 unspecified atom stereocenters. The molecule has 1 N–H and O–H groups in total. The second kappa shape index (κ2) is 6.55. The second-order valence-corrected chi connectivity index (χ2v) is 7.31. The summed E-state index contributed by atoms with van der Waals surface area (Å²) in [5, 5.41) is 2.73. The van der Waals surface area contributed by atoms with Crippen LogP contribution in [-0.4, -0.2) is 47.3 Å². The van der Waals surface area contributed by atoms with Crippen LogP contribution in [-0.2, 0) is 15.1 Å². The Bertz CT molecular complexity index is 687. The van der Waals surface area contributed by atoms with Gasteiger partial charge in [-0.3, -0.25) is 14.5 Å². The third-order valence-corrected chi connectivity index (χ3v) is 5.17. The molecule has 0 saturated carbocycles. The molecule has 0 bridgehead atoms. The molecular weight excluding hydrogens is 374 g/mol. The van der Waals surface area contributed by atoms with E-state index in [-0.39, 0.29) is 12.5 Å². The van der Waals surface area contributed by atoms with Gasteiger partial charge in [-0.05, 0) is 43.9 Å². The zero-order chi connectivity index (χ0) is 17.3. The first kappa shape index (κ1) is 17.0. The highest BCUT2D eigenvalue weighted by Gasteiger charge is 2.49. The van der Waals surface area contributed by atoms with Gasteiger partial charge >= 0.3 is 6.03 Å². The SMILES string of the molecule is C[C@]1(c2cccc(Br)c2)NC(=O)N(CC(=O)N2CCCCC2)C1=O. The molecule has 24 heavy (non-hydrogen) atoms. The van der Waals surface area contributed by atoms with E-state index in [1.165, 1.54) is 0 Å². The fourth-order valence-corrected chi connectivity index (χ4v) is 3.61. The van der Waals surface area contributed by atoms with E-state index in [4.69, 9.17) is 0 Å². The summed E-state index contributed by atoms with van der Waals surface area (Å²) in [4.78, 5) is 40.3. The summed E-state index contributed by atoms with van der Waals surface area (Å²) in [6, 6.07) is 6.73. The Kier molecular flexibility index (Phi) is 4.62. The number of piperidine rings is 1. The minimum absolute atomic E-state index is 0.170. The normalized spacial score (nSPS) is 24.2. The molecule has 0 radical (unpaired) electrons.